The minimum absolute atomic E-state index is 0.258. The predicted molar refractivity (Wildman–Crippen MR) is 110 cm³/mol. The fraction of sp³-hybridized carbons (Fsp3) is 0.300. The van der Waals surface area contributed by atoms with E-state index in [4.69, 9.17) is 14.2 Å². The molecule has 27 heavy (non-hydrogen) atoms. The number of benzene rings is 2. The molecule has 0 radical (unpaired) electrons. The number of carbonyl (C=O) groups excluding carboxylic acids is 2. The average molecular weight is 483 g/mol. The van der Waals surface area contributed by atoms with Gasteiger partial charge in [0.15, 0.2) is 18.1 Å². The standard InChI is InChI=1S/C20H22INO5/c1-4-22(12-14-5-10-17(25-2)18(11-14)26-3)19(23)13-27-20(24)15-6-8-16(21)9-7-15/h5-11H,4,12-13H2,1-3H3. The molecule has 1 amide bonds. The van der Waals surface area contributed by atoms with E-state index in [1.54, 1.807) is 37.3 Å². The summed E-state index contributed by atoms with van der Waals surface area (Å²) in [5.74, 6) is 0.457. The molecule has 0 spiro atoms. The fourth-order valence-corrected chi connectivity index (χ4v) is 2.82. The third kappa shape index (κ3) is 5.85. The molecule has 7 heteroatoms. The van der Waals surface area contributed by atoms with E-state index in [-0.39, 0.29) is 12.5 Å². The maximum atomic E-state index is 12.4. The minimum Gasteiger partial charge on any atom is -0.493 e. The van der Waals surface area contributed by atoms with E-state index in [1.807, 2.05) is 31.2 Å². The second-order valence-corrected chi connectivity index (χ2v) is 6.93. The molecule has 2 aromatic carbocycles. The Morgan fingerprint density at radius 3 is 2.26 bits per heavy atom. The van der Waals surface area contributed by atoms with Gasteiger partial charge in [0.05, 0.1) is 19.8 Å². The summed E-state index contributed by atoms with van der Waals surface area (Å²) in [5, 5.41) is 0. The van der Waals surface area contributed by atoms with Gasteiger partial charge in [-0.2, -0.15) is 0 Å². The third-order valence-corrected chi connectivity index (χ3v) is 4.68. The smallest absolute Gasteiger partial charge is 0.338 e. The van der Waals surface area contributed by atoms with Crippen molar-refractivity contribution in [3.8, 4) is 11.5 Å². The minimum atomic E-state index is -0.512. The van der Waals surface area contributed by atoms with E-state index in [0.717, 1.165) is 9.13 Å². The Balaban J connectivity index is 1.97. The number of hydrogen-bond donors (Lipinski definition) is 0. The number of methoxy groups -OCH3 is 2. The average Bonchev–Trinajstić information content (AvgIpc) is 2.70. The first-order valence-electron chi connectivity index (χ1n) is 8.39. The summed E-state index contributed by atoms with van der Waals surface area (Å²) in [6.45, 7) is 2.45. The second kappa shape index (κ2) is 10.1. The summed E-state index contributed by atoms with van der Waals surface area (Å²) in [6.07, 6.45) is 0. The zero-order valence-corrected chi connectivity index (χ0v) is 17.7. The van der Waals surface area contributed by atoms with Gasteiger partial charge < -0.3 is 19.1 Å². The van der Waals surface area contributed by atoms with Crippen LogP contribution in [-0.2, 0) is 16.1 Å². The van der Waals surface area contributed by atoms with Gasteiger partial charge in [-0.1, -0.05) is 6.07 Å². The van der Waals surface area contributed by atoms with Crippen molar-refractivity contribution in [2.75, 3.05) is 27.4 Å². The number of amides is 1. The number of rotatable bonds is 8. The number of carbonyl (C=O) groups is 2. The Morgan fingerprint density at radius 1 is 1.00 bits per heavy atom. The molecule has 0 aliphatic heterocycles. The van der Waals surface area contributed by atoms with E-state index in [9.17, 15) is 9.59 Å². The summed E-state index contributed by atoms with van der Waals surface area (Å²) >= 11 is 2.16. The number of ether oxygens (including phenoxy) is 3. The Labute approximate surface area is 172 Å². The molecule has 0 bridgehead atoms. The lowest BCUT2D eigenvalue weighted by atomic mass is 10.2. The highest BCUT2D eigenvalue weighted by atomic mass is 127. The van der Waals surface area contributed by atoms with Gasteiger partial charge >= 0.3 is 5.97 Å². The van der Waals surface area contributed by atoms with Crippen molar-refractivity contribution in [1.29, 1.82) is 0 Å². The number of esters is 1. The van der Waals surface area contributed by atoms with E-state index in [2.05, 4.69) is 22.6 Å². The van der Waals surface area contributed by atoms with Crippen LogP contribution in [0, 0.1) is 3.57 Å². The first-order chi connectivity index (χ1) is 13.0. The molecule has 0 aliphatic rings. The monoisotopic (exact) mass is 483 g/mol. The van der Waals surface area contributed by atoms with Crippen LogP contribution in [0.2, 0.25) is 0 Å². The Bertz CT molecular complexity index is 791. The van der Waals surface area contributed by atoms with Gasteiger partial charge in [-0.3, -0.25) is 4.79 Å². The largest absolute Gasteiger partial charge is 0.493 e. The summed E-state index contributed by atoms with van der Waals surface area (Å²) in [6, 6.07) is 12.5. The Hall–Kier alpha value is -2.29. The van der Waals surface area contributed by atoms with E-state index < -0.39 is 5.97 Å². The van der Waals surface area contributed by atoms with Gasteiger partial charge in [-0.15, -0.1) is 0 Å². The molecule has 6 nitrogen and oxygen atoms in total. The van der Waals surface area contributed by atoms with E-state index in [1.165, 1.54) is 0 Å². The number of likely N-dealkylation sites (N-methyl/N-ethyl adjacent to an activating group) is 1. The Kier molecular flexibility index (Phi) is 7.90. The topological polar surface area (TPSA) is 65.1 Å². The zero-order valence-electron chi connectivity index (χ0n) is 15.5. The lowest BCUT2D eigenvalue weighted by Gasteiger charge is -2.21. The second-order valence-electron chi connectivity index (χ2n) is 5.68. The highest BCUT2D eigenvalue weighted by Crippen LogP contribution is 2.28. The molecule has 0 heterocycles. The molecular formula is C20H22INO5. The first-order valence-corrected chi connectivity index (χ1v) is 9.47. The lowest BCUT2D eigenvalue weighted by Crippen LogP contribution is -2.34. The van der Waals surface area contributed by atoms with Crippen molar-refractivity contribution in [3.05, 3.63) is 57.2 Å². The van der Waals surface area contributed by atoms with Crippen molar-refractivity contribution in [2.45, 2.75) is 13.5 Å². The van der Waals surface area contributed by atoms with Crippen molar-refractivity contribution in [2.24, 2.45) is 0 Å². The highest BCUT2D eigenvalue weighted by Gasteiger charge is 2.16. The van der Waals surface area contributed by atoms with Gasteiger partial charge in [0.1, 0.15) is 0 Å². The van der Waals surface area contributed by atoms with E-state index in [0.29, 0.717) is 30.2 Å². The van der Waals surface area contributed by atoms with Crippen LogP contribution in [0.5, 0.6) is 11.5 Å². The van der Waals surface area contributed by atoms with Crippen LogP contribution in [0.1, 0.15) is 22.8 Å². The summed E-state index contributed by atoms with van der Waals surface area (Å²) in [5.41, 5.74) is 1.32. The van der Waals surface area contributed by atoms with Crippen LogP contribution in [-0.4, -0.2) is 44.1 Å². The zero-order chi connectivity index (χ0) is 19.8. The van der Waals surface area contributed by atoms with Gasteiger partial charge in [-0.05, 0) is 71.5 Å². The predicted octanol–water partition coefficient (Wildman–Crippen LogP) is 3.51. The van der Waals surface area contributed by atoms with Crippen molar-refractivity contribution in [3.63, 3.8) is 0 Å². The molecule has 0 saturated heterocycles. The summed E-state index contributed by atoms with van der Waals surface area (Å²) in [7, 11) is 3.13. The van der Waals surface area contributed by atoms with Crippen LogP contribution < -0.4 is 9.47 Å². The van der Waals surface area contributed by atoms with Crippen LogP contribution in [0.15, 0.2) is 42.5 Å². The highest BCUT2D eigenvalue weighted by molar-refractivity contribution is 14.1. The van der Waals surface area contributed by atoms with Crippen LogP contribution in [0.3, 0.4) is 0 Å². The molecular weight excluding hydrogens is 461 g/mol. The first kappa shape index (κ1) is 21.0. The molecule has 0 unspecified atom stereocenters. The lowest BCUT2D eigenvalue weighted by molar-refractivity contribution is -0.134. The van der Waals surface area contributed by atoms with Crippen LogP contribution in [0.25, 0.3) is 0 Å². The molecule has 2 rings (SSSR count). The maximum Gasteiger partial charge on any atom is 0.338 e. The third-order valence-electron chi connectivity index (χ3n) is 3.96. The molecule has 0 atom stereocenters. The van der Waals surface area contributed by atoms with Crippen molar-refractivity contribution >= 4 is 34.5 Å². The molecule has 0 aliphatic carbocycles. The summed E-state index contributed by atoms with van der Waals surface area (Å²) < 4.78 is 16.7. The molecule has 0 fully saturated rings. The number of nitrogens with zero attached hydrogens (tertiary/aromatic N) is 1. The van der Waals surface area contributed by atoms with Crippen molar-refractivity contribution in [1.82, 2.24) is 4.90 Å². The number of halogens is 1. The normalized spacial score (nSPS) is 10.2. The van der Waals surface area contributed by atoms with Gasteiger partial charge in [-0.25, -0.2) is 4.79 Å². The van der Waals surface area contributed by atoms with Gasteiger partial charge in [0.25, 0.3) is 5.91 Å². The quantitative estimate of drug-likeness (QED) is 0.425. The maximum absolute atomic E-state index is 12.4. The Morgan fingerprint density at radius 2 is 1.67 bits per heavy atom. The SMILES string of the molecule is CCN(Cc1ccc(OC)c(OC)c1)C(=O)COC(=O)c1ccc(I)cc1. The van der Waals surface area contributed by atoms with Gasteiger partial charge in [0.2, 0.25) is 0 Å². The molecule has 0 N–H and O–H groups in total. The van der Waals surface area contributed by atoms with Crippen LogP contribution >= 0.6 is 22.6 Å². The fourth-order valence-electron chi connectivity index (χ4n) is 2.46. The molecule has 144 valence electrons. The van der Waals surface area contributed by atoms with Crippen LogP contribution in [0.4, 0.5) is 0 Å². The molecule has 0 aromatic heterocycles. The summed E-state index contributed by atoms with van der Waals surface area (Å²) in [4.78, 5) is 26.1. The van der Waals surface area contributed by atoms with E-state index >= 15 is 0 Å². The molecule has 0 saturated carbocycles. The molecule has 2 aromatic rings. The number of hydrogen-bond acceptors (Lipinski definition) is 5. The van der Waals surface area contributed by atoms with Gasteiger partial charge in [0, 0.05) is 16.7 Å². The van der Waals surface area contributed by atoms with Crippen molar-refractivity contribution < 1.29 is 23.8 Å².